The largest absolute Gasteiger partial charge is 0.469 e. The summed E-state index contributed by atoms with van der Waals surface area (Å²) in [5.74, 6) is 1.02. The number of benzene rings is 1. The van der Waals surface area contributed by atoms with Crippen molar-refractivity contribution in [2.75, 3.05) is 13.7 Å². The maximum Gasteiger partial charge on any atom is 0.105 e. The van der Waals surface area contributed by atoms with Crippen LogP contribution in [0.15, 0.2) is 47.1 Å². The number of rotatable bonds is 7. The molecule has 0 bridgehead atoms. The molecule has 0 saturated carbocycles. The van der Waals surface area contributed by atoms with Gasteiger partial charge in [-0.05, 0) is 23.3 Å². The van der Waals surface area contributed by atoms with Crippen LogP contribution in [0.2, 0.25) is 0 Å². The number of methoxy groups -OCH3 is 1. The maximum atomic E-state index is 5.29. The van der Waals surface area contributed by atoms with Crippen molar-refractivity contribution >= 4 is 0 Å². The third kappa shape index (κ3) is 3.72. The lowest BCUT2D eigenvalue weighted by Crippen LogP contribution is -2.17. The predicted molar refractivity (Wildman–Crippen MR) is 71.3 cm³/mol. The Hall–Kier alpha value is -1.58. The number of hydrogen-bond donors (Lipinski definition) is 1. The van der Waals surface area contributed by atoms with E-state index < -0.39 is 0 Å². The maximum absolute atomic E-state index is 5.29. The number of nitrogens with one attached hydrogen (secondary N) is 1. The van der Waals surface area contributed by atoms with Gasteiger partial charge in [0, 0.05) is 26.6 Å². The average Bonchev–Trinajstić information content (AvgIpc) is 2.90. The third-order valence-electron chi connectivity index (χ3n) is 2.86. The summed E-state index contributed by atoms with van der Waals surface area (Å²) in [5, 5.41) is 3.42. The molecule has 0 atom stereocenters. The van der Waals surface area contributed by atoms with Crippen molar-refractivity contribution in [2.24, 2.45) is 0 Å². The minimum atomic E-state index is 0.663. The number of ether oxygens (including phenoxy) is 1. The van der Waals surface area contributed by atoms with Crippen molar-refractivity contribution in [3.8, 4) is 0 Å². The molecule has 18 heavy (non-hydrogen) atoms. The standard InChI is InChI=1S/C15H19NO2/c1-17-12-14-6-3-2-5-13(14)11-16-9-8-15-7-4-10-18-15/h2-7,10,16H,8-9,11-12H2,1H3. The molecule has 3 nitrogen and oxygen atoms in total. The molecule has 0 amide bonds. The highest BCUT2D eigenvalue weighted by molar-refractivity contribution is 5.26. The first-order chi connectivity index (χ1) is 8.90. The number of hydrogen-bond acceptors (Lipinski definition) is 3. The molecule has 1 aromatic carbocycles. The van der Waals surface area contributed by atoms with E-state index in [4.69, 9.17) is 9.15 Å². The first kappa shape index (κ1) is 12.9. The summed E-state index contributed by atoms with van der Waals surface area (Å²) in [4.78, 5) is 0. The summed E-state index contributed by atoms with van der Waals surface area (Å²) in [6.07, 6.45) is 2.63. The van der Waals surface area contributed by atoms with Crippen molar-refractivity contribution < 1.29 is 9.15 Å². The van der Waals surface area contributed by atoms with Gasteiger partial charge in [0.05, 0.1) is 12.9 Å². The summed E-state index contributed by atoms with van der Waals surface area (Å²) in [7, 11) is 1.72. The Balaban J connectivity index is 1.79. The van der Waals surface area contributed by atoms with E-state index >= 15 is 0 Å². The Morgan fingerprint density at radius 1 is 1.11 bits per heavy atom. The van der Waals surface area contributed by atoms with Gasteiger partial charge >= 0.3 is 0 Å². The zero-order chi connectivity index (χ0) is 12.6. The van der Waals surface area contributed by atoms with Crippen LogP contribution in [0.1, 0.15) is 16.9 Å². The van der Waals surface area contributed by atoms with Gasteiger partial charge in [0.2, 0.25) is 0 Å². The minimum Gasteiger partial charge on any atom is -0.469 e. The second kappa shape index (κ2) is 6.99. The first-order valence-electron chi connectivity index (χ1n) is 6.19. The fourth-order valence-corrected chi connectivity index (χ4v) is 1.92. The van der Waals surface area contributed by atoms with Crippen LogP contribution in [0, 0.1) is 0 Å². The van der Waals surface area contributed by atoms with E-state index in [1.807, 2.05) is 18.2 Å². The molecule has 2 aromatic rings. The van der Waals surface area contributed by atoms with E-state index in [1.54, 1.807) is 13.4 Å². The molecule has 96 valence electrons. The lowest BCUT2D eigenvalue weighted by atomic mass is 10.1. The third-order valence-corrected chi connectivity index (χ3v) is 2.86. The van der Waals surface area contributed by atoms with Gasteiger partial charge in [0.25, 0.3) is 0 Å². The van der Waals surface area contributed by atoms with Gasteiger partial charge in [-0.3, -0.25) is 0 Å². The van der Waals surface area contributed by atoms with Crippen LogP contribution in [0.5, 0.6) is 0 Å². The topological polar surface area (TPSA) is 34.4 Å². The molecule has 0 aliphatic rings. The van der Waals surface area contributed by atoms with Crippen LogP contribution >= 0.6 is 0 Å². The highest BCUT2D eigenvalue weighted by Crippen LogP contribution is 2.09. The second-order valence-corrected chi connectivity index (χ2v) is 4.21. The van der Waals surface area contributed by atoms with Gasteiger partial charge in [-0.15, -0.1) is 0 Å². The van der Waals surface area contributed by atoms with E-state index in [-0.39, 0.29) is 0 Å². The van der Waals surface area contributed by atoms with E-state index in [0.29, 0.717) is 6.61 Å². The van der Waals surface area contributed by atoms with E-state index in [0.717, 1.165) is 25.3 Å². The van der Waals surface area contributed by atoms with Gasteiger partial charge in [-0.2, -0.15) is 0 Å². The molecular formula is C15H19NO2. The van der Waals surface area contributed by atoms with E-state index in [1.165, 1.54) is 11.1 Å². The molecule has 0 unspecified atom stereocenters. The fourth-order valence-electron chi connectivity index (χ4n) is 1.92. The van der Waals surface area contributed by atoms with Gasteiger partial charge < -0.3 is 14.5 Å². The summed E-state index contributed by atoms with van der Waals surface area (Å²) >= 11 is 0. The molecule has 0 aliphatic heterocycles. The molecule has 1 aromatic heterocycles. The summed E-state index contributed by atoms with van der Waals surface area (Å²) in [6.45, 7) is 2.44. The molecule has 0 aliphatic carbocycles. The van der Waals surface area contributed by atoms with Crippen LogP contribution in [0.4, 0.5) is 0 Å². The monoisotopic (exact) mass is 245 g/mol. The second-order valence-electron chi connectivity index (χ2n) is 4.21. The Kier molecular flexibility index (Phi) is 5.00. The average molecular weight is 245 g/mol. The minimum absolute atomic E-state index is 0.663. The van der Waals surface area contributed by atoms with Crippen LogP contribution in [-0.4, -0.2) is 13.7 Å². The lowest BCUT2D eigenvalue weighted by Gasteiger charge is -2.09. The highest BCUT2D eigenvalue weighted by atomic mass is 16.5. The molecule has 1 heterocycles. The molecule has 3 heteroatoms. The molecule has 0 spiro atoms. The van der Waals surface area contributed by atoms with Gasteiger partial charge in [0.1, 0.15) is 5.76 Å². The van der Waals surface area contributed by atoms with Crippen LogP contribution in [0.25, 0.3) is 0 Å². The quantitative estimate of drug-likeness (QED) is 0.762. The Morgan fingerprint density at radius 3 is 2.67 bits per heavy atom. The fraction of sp³-hybridized carbons (Fsp3) is 0.333. The Labute approximate surface area is 108 Å². The zero-order valence-corrected chi connectivity index (χ0v) is 10.7. The van der Waals surface area contributed by atoms with E-state index in [2.05, 4.69) is 23.5 Å². The molecule has 0 radical (unpaired) electrons. The van der Waals surface area contributed by atoms with Gasteiger partial charge in [0.15, 0.2) is 0 Å². The van der Waals surface area contributed by atoms with Crippen LogP contribution < -0.4 is 5.32 Å². The lowest BCUT2D eigenvalue weighted by molar-refractivity contribution is 0.184. The predicted octanol–water partition coefficient (Wildman–Crippen LogP) is 2.76. The summed E-state index contributed by atoms with van der Waals surface area (Å²) in [5.41, 5.74) is 2.53. The normalized spacial score (nSPS) is 10.7. The smallest absolute Gasteiger partial charge is 0.105 e. The SMILES string of the molecule is COCc1ccccc1CNCCc1ccco1. The molecular weight excluding hydrogens is 226 g/mol. The molecule has 1 N–H and O–H groups in total. The van der Waals surface area contributed by atoms with Crippen molar-refractivity contribution in [3.05, 3.63) is 59.5 Å². The van der Waals surface area contributed by atoms with E-state index in [9.17, 15) is 0 Å². The summed E-state index contributed by atoms with van der Waals surface area (Å²) in [6, 6.07) is 12.3. The van der Waals surface area contributed by atoms with Crippen molar-refractivity contribution in [1.29, 1.82) is 0 Å². The van der Waals surface area contributed by atoms with Crippen molar-refractivity contribution in [1.82, 2.24) is 5.32 Å². The summed E-state index contributed by atoms with van der Waals surface area (Å²) < 4.78 is 10.5. The molecule has 0 saturated heterocycles. The van der Waals surface area contributed by atoms with Crippen LogP contribution in [0.3, 0.4) is 0 Å². The van der Waals surface area contributed by atoms with Crippen molar-refractivity contribution in [3.63, 3.8) is 0 Å². The van der Waals surface area contributed by atoms with Crippen molar-refractivity contribution in [2.45, 2.75) is 19.6 Å². The zero-order valence-electron chi connectivity index (χ0n) is 10.7. The Morgan fingerprint density at radius 2 is 1.94 bits per heavy atom. The first-order valence-corrected chi connectivity index (χ1v) is 6.19. The number of furan rings is 1. The van der Waals surface area contributed by atoms with Crippen LogP contribution in [-0.2, 0) is 24.3 Å². The molecule has 2 rings (SSSR count). The van der Waals surface area contributed by atoms with Gasteiger partial charge in [-0.1, -0.05) is 24.3 Å². The molecule has 0 fully saturated rings. The van der Waals surface area contributed by atoms with Gasteiger partial charge in [-0.25, -0.2) is 0 Å². The Bertz CT molecular complexity index is 451. The highest BCUT2D eigenvalue weighted by Gasteiger charge is 2.01.